The van der Waals surface area contributed by atoms with Crippen LogP contribution in [0.15, 0.2) is 66.9 Å². The summed E-state index contributed by atoms with van der Waals surface area (Å²) in [5, 5.41) is 1.56. The van der Waals surface area contributed by atoms with Crippen LogP contribution in [0.4, 0.5) is 13.2 Å². The number of hydrogen-bond acceptors (Lipinski definition) is 3. The summed E-state index contributed by atoms with van der Waals surface area (Å²) in [4.78, 5) is 24.2. The number of hydrogen-bond donors (Lipinski definition) is 1. The average molecular weight is 388 g/mol. The Morgan fingerprint density at radius 1 is 1.07 bits per heavy atom. The van der Waals surface area contributed by atoms with Gasteiger partial charge < -0.3 is 0 Å². The van der Waals surface area contributed by atoms with Crippen molar-refractivity contribution in [2.75, 3.05) is 0 Å². The van der Waals surface area contributed by atoms with Gasteiger partial charge in [-0.15, -0.1) is 0 Å². The van der Waals surface area contributed by atoms with Crippen LogP contribution in [0.2, 0.25) is 0 Å². The third-order valence-corrected chi connectivity index (χ3v) is 4.57. The standard InChI is InChI=1S/C21H19F3N2O2/c22-21(23,24)17-9-7-16(8-10-17)20(28)25-26-13-12-19(27)14-18(26)11-6-15-4-2-1-3-5-15/h1-5,7-10,12-13,18H,6,11,14H2,(H,25,28)/t18-/m0/s1. The van der Waals surface area contributed by atoms with Crippen molar-refractivity contribution in [3.05, 3.63) is 83.6 Å². The smallest absolute Gasteiger partial charge is 0.295 e. The number of nitrogens with zero attached hydrogens (tertiary/aromatic N) is 1. The molecule has 3 rings (SSSR count). The first kappa shape index (κ1) is 19.7. The van der Waals surface area contributed by atoms with E-state index in [1.54, 1.807) is 5.01 Å². The number of allylic oxidation sites excluding steroid dienone is 1. The number of benzene rings is 2. The Bertz CT molecular complexity index is 861. The Hall–Kier alpha value is -3.09. The zero-order valence-electron chi connectivity index (χ0n) is 14.9. The first-order valence-corrected chi connectivity index (χ1v) is 8.84. The van der Waals surface area contributed by atoms with Gasteiger partial charge in [0.15, 0.2) is 5.78 Å². The summed E-state index contributed by atoms with van der Waals surface area (Å²) >= 11 is 0. The minimum absolute atomic E-state index is 0.0295. The number of aryl methyl sites for hydroxylation is 1. The lowest BCUT2D eigenvalue weighted by molar-refractivity contribution is -0.137. The van der Waals surface area contributed by atoms with Crippen LogP contribution in [0.25, 0.3) is 0 Å². The maximum atomic E-state index is 12.7. The summed E-state index contributed by atoms with van der Waals surface area (Å²) in [6.07, 6.45) is 0.0757. The lowest BCUT2D eigenvalue weighted by Gasteiger charge is -2.33. The number of rotatable bonds is 5. The van der Waals surface area contributed by atoms with Crippen molar-refractivity contribution >= 4 is 11.7 Å². The average Bonchev–Trinajstić information content (AvgIpc) is 2.68. The number of alkyl halides is 3. The highest BCUT2D eigenvalue weighted by molar-refractivity contribution is 5.94. The molecular weight excluding hydrogens is 369 g/mol. The molecule has 0 aliphatic carbocycles. The molecule has 4 nitrogen and oxygen atoms in total. The third-order valence-electron chi connectivity index (χ3n) is 4.57. The fourth-order valence-electron chi connectivity index (χ4n) is 3.02. The van der Waals surface area contributed by atoms with Crippen LogP contribution in [-0.2, 0) is 17.4 Å². The van der Waals surface area contributed by atoms with Crippen molar-refractivity contribution in [2.45, 2.75) is 31.5 Å². The zero-order valence-corrected chi connectivity index (χ0v) is 14.9. The molecule has 0 saturated carbocycles. The normalized spacial score (nSPS) is 16.9. The van der Waals surface area contributed by atoms with E-state index in [1.165, 1.54) is 12.3 Å². The van der Waals surface area contributed by atoms with Gasteiger partial charge in [-0.2, -0.15) is 13.2 Å². The van der Waals surface area contributed by atoms with E-state index < -0.39 is 17.6 Å². The number of halogens is 3. The SMILES string of the molecule is O=C1C=CN(NC(=O)c2ccc(C(F)(F)F)cc2)[C@@H](CCc2ccccc2)C1. The first-order valence-electron chi connectivity index (χ1n) is 8.84. The molecule has 0 aromatic heterocycles. The Balaban J connectivity index is 1.66. The van der Waals surface area contributed by atoms with Gasteiger partial charge in [0.25, 0.3) is 5.91 Å². The quantitative estimate of drug-likeness (QED) is 0.838. The van der Waals surface area contributed by atoms with Gasteiger partial charge in [-0.25, -0.2) is 0 Å². The summed E-state index contributed by atoms with van der Waals surface area (Å²) in [6, 6.07) is 13.6. The van der Waals surface area contributed by atoms with Crippen LogP contribution in [0.1, 0.15) is 34.3 Å². The molecular formula is C21H19F3N2O2. The van der Waals surface area contributed by atoms with Gasteiger partial charge >= 0.3 is 6.18 Å². The highest BCUT2D eigenvalue weighted by Gasteiger charge is 2.30. The van der Waals surface area contributed by atoms with Gasteiger partial charge in [0.05, 0.1) is 11.6 Å². The largest absolute Gasteiger partial charge is 0.416 e. The molecule has 0 spiro atoms. The van der Waals surface area contributed by atoms with E-state index in [4.69, 9.17) is 0 Å². The van der Waals surface area contributed by atoms with Crippen molar-refractivity contribution in [3.8, 4) is 0 Å². The molecule has 1 amide bonds. The first-order chi connectivity index (χ1) is 13.3. The molecule has 1 atom stereocenters. The maximum Gasteiger partial charge on any atom is 0.416 e. The highest BCUT2D eigenvalue weighted by atomic mass is 19.4. The maximum absolute atomic E-state index is 12.7. The topological polar surface area (TPSA) is 49.4 Å². The molecule has 1 aliphatic heterocycles. The van der Waals surface area contributed by atoms with E-state index in [9.17, 15) is 22.8 Å². The molecule has 7 heteroatoms. The van der Waals surface area contributed by atoms with Crippen molar-refractivity contribution in [1.82, 2.24) is 10.4 Å². The van der Waals surface area contributed by atoms with Crippen molar-refractivity contribution in [2.24, 2.45) is 0 Å². The van der Waals surface area contributed by atoms with Gasteiger partial charge in [0.2, 0.25) is 0 Å². The molecule has 28 heavy (non-hydrogen) atoms. The minimum atomic E-state index is -4.45. The second kappa shape index (κ2) is 8.29. The van der Waals surface area contributed by atoms with Gasteiger partial charge in [-0.05, 0) is 48.7 Å². The highest BCUT2D eigenvalue weighted by Crippen LogP contribution is 2.29. The zero-order chi connectivity index (χ0) is 20.1. The molecule has 0 bridgehead atoms. The molecule has 0 saturated heterocycles. The second-order valence-electron chi connectivity index (χ2n) is 6.59. The van der Waals surface area contributed by atoms with Crippen LogP contribution >= 0.6 is 0 Å². The lowest BCUT2D eigenvalue weighted by atomic mass is 9.99. The van der Waals surface area contributed by atoms with Crippen molar-refractivity contribution in [3.63, 3.8) is 0 Å². The second-order valence-corrected chi connectivity index (χ2v) is 6.59. The number of nitrogens with one attached hydrogen (secondary N) is 1. The Labute approximate surface area is 160 Å². The number of carbonyl (C=O) groups excluding carboxylic acids is 2. The minimum Gasteiger partial charge on any atom is -0.295 e. The molecule has 2 aromatic carbocycles. The van der Waals surface area contributed by atoms with E-state index in [0.29, 0.717) is 6.42 Å². The Morgan fingerprint density at radius 3 is 2.39 bits per heavy atom. The predicted molar refractivity (Wildman–Crippen MR) is 98.1 cm³/mol. The number of amides is 1. The molecule has 0 unspecified atom stereocenters. The number of hydrazine groups is 1. The van der Waals surface area contributed by atoms with Gasteiger partial charge in [-0.3, -0.25) is 20.0 Å². The summed E-state index contributed by atoms with van der Waals surface area (Å²) in [5.41, 5.74) is 3.10. The molecule has 146 valence electrons. The fraction of sp³-hybridized carbons (Fsp3) is 0.238. The number of ketones is 1. The van der Waals surface area contributed by atoms with Crippen LogP contribution in [0.3, 0.4) is 0 Å². The summed E-state index contributed by atoms with van der Waals surface area (Å²) < 4.78 is 38.0. The summed E-state index contributed by atoms with van der Waals surface area (Å²) in [7, 11) is 0. The molecule has 1 N–H and O–H groups in total. The number of carbonyl (C=O) groups is 2. The lowest BCUT2D eigenvalue weighted by Crippen LogP contribution is -2.47. The van der Waals surface area contributed by atoms with Crippen LogP contribution in [0.5, 0.6) is 0 Å². The van der Waals surface area contributed by atoms with E-state index in [1.807, 2.05) is 30.3 Å². The van der Waals surface area contributed by atoms with Gasteiger partial charge in [0, 0.05) is 18.2 Å². The van der Waals surface area contributed by atoms with Crippen LogP contribution < -0.4 is 5.43 Å². The summed E-state index contributed by atoms with van der Waals surface area (Å²) in [6.45, 7) is 0. The van der Waals surface area contributed by atoms with Crippen LogP contribution in [-0.4, -0.2) is 22.7 Å². The summed E-state index contributed by atoms with van der Waals surface area (Å²) in [5.74, 6) is -0.560. The van der Waals surface area contributed by atoms with Gasteiger partial charge in [-0.1, -0.05) is 30.3 Å². The Morgan fingerprint density at radius 2 is 1.75 bits per heavy atom. The fourth-order valence-corrected chi connectivity index (χ4v) is 3.02. The Kier molecular flexibility index (Phi) is 5.82. The molecule has 1 aliphatic rings. The van der Waals surface area contributed by atoms with E-state index in [-0.39, 0.29) is 23.8 Å². The van der Waals surface area contributed by atoms with Crippen molar-refractivity contribution < 1.29 is 22.8 Å². The third kappa shape index (κ3) is 5.00. The van der Waals surface area contributed by atoms with E-state index >= 15 is 0 Å². The molecule has 2 aromatic rings. The van der Waals surface area contributed by atoms with Gasteiger partial charge in [0.1, 0.15) is 0 Å². The van der Waals surface area contributed by atoms with Crippen molar-refractivity contribution in [1.29, 1.82) is 0 Å². The molecule has 0 radical (unpaired) electrons. The van der Waals surface area contributed by atoms with E-state index in [2.05, 4.69) is 5.43 Å². The van der Waals surface area contributed by atoms with Crippen LogP contribution in [0, 0.1) is 0 Å². The monoisotopic (exact) mass is 388 g/mol. The van der Waals surface area contributed by atoms with E-state index in [0.717, 1.165) is 36.2 Å². The predicted octanol–water partition coefficient (Wildman–Crippen LogP) is 4.14. The molecule has 0 fully saturated rings. The molecule has 1 heterocycles.